The van der Waals surface area contributed by atoms with E-state index < -0.39 is 0 Å². The first kappa shape index (κ1) is 24.6. The monoisotopic (exact) mass is 513 g/mol. The number of allylic oxidation sites excluding steroid dienone is 4. The fourth-order valence-corrected chi connectivity index (χ4v) is 5.38. The zero-order chi connectivity index (χ0) is 25.1. The molecule has 2 nitrogen and oxygen atoms in total. The number of carbonyl (C=O) groups excluding carboxylic acids is 1. The van der Waals surface area contributed by atoms with E-state index >= 15 is 0 Å². The molecule has 1 N–H and O–H groups in total. The van der Waals surface area contributed by atoms with Crippen molar-refractivity contribution in [1.29, 1.82) is 0 Å². The van der Waals surface area contributed by atoms with Crippen molar-refractivity contribution in [3.8, 4) is 0 Å². The predicted molar refractivity (Wildman–Crippen MR) is 151 cm³/mol. The summed E-state index contributed by atoms with van der Waals surface area (Å²) in [5.41, 5.74) is 7.68. The molecule has 0 saturated carbocycles. The van der Waals surface area contributed by atoms with Crippen LogP contribution in [0.25, 0.3) is 12.2 Å². The first-order valence-corrected chi connectivity index (χ1v) is 13.3. The summed E-state index contributed by atoms with van der Waals surface area (Å²) < 4.78 is 0. The van der Waals surface area contributed by atoms with Gasteiger partial charge in [-0.25, -0.2) is 0 Å². The van der Waals surface area contributed by atoms with Gasteiger partial charge in [-0.2, -0.15) is 0 Å². The van der Waals surface area contributed by atoms with E-state index in [4.69, 9.17) is 23.2 Å². The highest BCUT2D eigenvalue weighted by Crippen LogP contribution is 2.31. The van der Waals surface area contributed by atoms with Crippen LogP contribution in [0.3, 0.4) is 0 Å². The van der Waals surface area contributed by atoms with Crippen LogP contribution < -0.4 is 15.8 Å². The van der Waals surface area contributed by atoms with Gasteiger partial charge in [0.2, 0.25) is 0 Å². The minimum atomic E-state index is -0.0411. The lowest BCUT2D eigenvalue weighted by Gasteiger charge is -2.21. The van der Waals surface area contributed by atoms with Gasteiger partial charge in [-0.05, 0) is 113 Å². The third kappa shape index (κ3) is 5.36. The summed E-state index contributed by atoms with van der Waals surface area (Å²) in [4.78, 5) is 12.7. The average Bonchev–Trinajstić information content (AvgIpc) is 2.89. The molecule has 0 heterocycles. The van der Waals surface area contributed by atoms with E-state index in [1.165, 1.54) is 16.7 Å². The Morgan fingerprint density at radius 2 is 1.78 bits per heavy atom. The van der Waals surface area contributed by atoms with Gasteiger partial charge in [-0.15, -0.1) is 0 Å². The summed E-state index contributed by atoms with van der Waals surface area (Å²) in [7, 11) is 0. The molecule has 2 aliphatic rings. The van der Waals surface area contributed by atoms with Crippen molar-refractivity contribution in [2.24, 2.45) is 0 Å². The van der Waals surface area contributed by atoms with Crippen molar-refractivity contribution in [2.75, 3.05) is 6.54 Å². The average molecular weight is 514 g/mol. The summed E-state index contributed by atoms with van der Waals surface area (Å²) in [5.74, 6) is -0.0411. The van der Waals surface area contributed by atoms with Gasteiger partial charge in [0.15, 0.2) is 0 Å². The van der Waals surface area contributed by atoms with Crippen LogP contribution in [0.5, 0.6) is 0 Å². The summed E-state index contributed by atoms with van der Waals surface area (Å²) in [6.45, 7) is 4.75. The number of benzene rings is 3. The molecule has 0 unspecified atom stereocenters. The molecule has 4 heteroatoms. The largest absolute Gasteiger partial charge is 0.352 e. The zero-order valence-corrected chi connectivity index (χ0v) is 21.8. The van der Waals surface area contributed by atoms with Gasteiger partial charge in [-0.1, -0.05) is 71.8 Å². The van der Waals surface area contributed by atoms with E-state index in [2.05, 4.69) is 42.3 Å². The SMILES string of the molecule is C=c1cc2c(cc1Cl)=C(c1ccc(C(=O)NCCCCC3=CCCC=C3)cc1)c1cc(Cl)ccc1C2. The van der Waals surface area contributed by atoms with Crippen LogP contribution in [0.2, 0.25) is 10.0 Å². The van der Waals surface area contributed by atoms with Crippen LogP contribution in [0, 0.1) is 0 Å². The molecule has 0 aromatic heterocycles. The topological polar surface area (TPSA) is 29.1 Å². The number of amides is 1. The molecule has 0 radical (unpaired) electrons. The number of hydrogen-bond acceptors (Lipinski definition) is 1. The van der Waals surface area contributed by atoms with Gasteiger partial charge < -0.3 is 5.32 Å². The van der Waals surface area contributed by atoms with Gasteiger partial charge in [0.25, 0.3) is 5.91 Å². The molecule has 36 heavy (non-hydrogen) atoms. The van der Waals surface area contributed by atoms with Crippen LogP contribution in [0.1, 0.15) is 64.7 Å². The van der Waals surface area contributed by atoms with Gasteiger partial charge in [0.05, 0.1) is 0 Å². The zero-order valence-electron chi connectivity index (χ0n) is 20.2. The number of nitrogens with one attached hydrogen (secondary N) is 1. The van der Waals surface area contributed by atoms with Crippen molar-refractivity contribution in [3.05, 3.63) is 127 Å². The molecule has 0 fully saturated rings. The molecule has 0 spiro atoms. The molecule has 2 aliphatic carbocycles. The molecule has 0 aliphatic heterocycles. The minimum absolute atomic E-state index is 0.0411. The van der Waals surface area contributed by atoms with Crippen molar-refractivity contribution in [1.82, 2.24) is 5.32 Å². The number of halogens is 2. The second kappa shape index (κ2) is 10.9. The van der Waals surface area contributed by atoms with Crippen molar-refractivity contribution >= 4 is 41.3 Å². The maximum Gasteiger partial charge on any atom is 0.251 e. The highest BCUT2D eigenvalue weighted by Gasteiger charge is 2.20. The normalized spacial score (nSPS) is 14.2. The lowest BCUT2D eigenvalue weighted by molar-refractivity contribution is 0.0953. The smallest absolute Gasteiger partial charge is 0.251 e. The summed E-state index contributed by atoms with van der Waals surface area (Å²) >= 11 is 12.9. The maximum absolute atomic E-state index is 12.7. The lowest BCUT2D eigenvalue weighted by Crippen LogP contribution is -2.25. The van der Waals surface area contributed by atoms with Gasteiger partial charge in [0.1, 0.15) is 0 Å². The van der Waals surface area contributed by atoms with Crippen LogP contribution in [0.15, 0.2) is 78.4 Å². The third-order valence-electron chi connectivity index (χ3n) is 6.95. The Kier molecular flexibility index (Phi) is 7.46. The van der Waals surface area contributed by atoms with Crippen LogP contribution in [-0.2, 0) is 6.42 Å². The summed E-state index contributed by atoms with van der Waals surface area (Å²) in [6.07, 6.45) is 13.0. The van der Waals surface area contributed by atoms with Crippen molar-refractivity contribution in [2.45, 2.75) is 38.5 Å². The number of hydrogen-bond donors (Lipinski definition) is 1. The van der Waals surface area contributed by atoms with Crippen LogP contribution in [-0.4, -0.2) is 12.5 Å². The molecule has 3 aromatic carbocycles. The molecular formula is C32H29Cl2NO. The highest BCUT2D eigenvalue weighted by atomic mass is 35.5. The van der Waals surface area contributed by atoms with Gasteiger partial charge in [0, 0.05) is 22.2 Å². The Hall–Kier alpha value is -3.07. The molecule has 3 aromatic rings. The lowest BCUT2D eigenvalue weighted by atomic mass is 9.83. The first-order valence-electron chi connectivity index (χ1n) is 12.5. The molecule has 0 saturated heterocycles. The molecule has 0 atom stereocenters. The van der Waals surface area contributed by atoms with Gasteiger partial charge >= 0.3 is 0 Å². The fraction of sp³-hybridized carbons (Fsp3) is 0.219. The van der Waals surface area contributed by atoms with Crippen molar-refractivity contribution in [3.63, 3.8) is 0 Å². The maximum atomic E-state index is 12.7. The number of fused-ring (bicyclic) bond motifs is 2. The molecule has 0 bridgehead atoms. The molecule has 5 rings (SSSR count). The Morgan fingerprint density at radius 1 is 0.944 bits per heavy atom. The van der Waals surface area contributed by atoms with E-state index in [1.54, 1.807) is 0 Å². The second-order valence-corrected chi connectivity index (χ2v) is 10.3. The second-order valence-electron chi connectivity index (χ2n) is 9.50. The first-order chi connectivity index (χ1) is 17.5. The van der Waals surface area contributed by atoms with E-state index in [0.29, 0.717) is 22.2 Å². The van der Waals surface area contributed by atoms with E-state index in [9.17, 15) is 4.79 Å². The number of carbonyl (C=O) groups is 1. The third-order valence-corrected chi connectivity index (χ3v) is 7.54. The van der Waals surface area contributed by atoms with Crippen LogP contribution >= 0.6 is 23.2 Å². The van der Waals surface area contributed by atoms with E-state index in [-0.39, 0.29) is 5.91 Å². The van der Waals surface area contributed by atoms with Crippen molar-refractivity contribution < 1.29 is 4.79 Å². The molecular weight excluding hydrogens is 485 g/mol. The Morgan fingerprint density at radius 3 is 2.56 bits per heavy atom. The van der Waals surface area contributed by atoms with E-state index in [1.807, 2.05) is 42.5 Å². The summed E-state index contributed by atoms with van der Waals surface area (Å²) in [6, 6.07) is 17.9. The standard InChI is InChI=1S/C32H29Cl2NO/c1-21-17-26-18-25-14-15-27(33)19-28(25)31(29(26)20-30(21)34)23-10-12-24(13-11-23)32(36)35-16-6-5-9-22-7-3-2-4-8-22/h3,7-8,10-15,17,19-20H,1-2,4-6,9,16,18H2,(H,35,36). The Bertz CT molecular complexity index is 1480. The minimum Gasteiger partial charge on any atom is -0.352 e. The number of unbranched alkanes of at least 4 members (excludes halogenated alkanes) is 1. The molecule has 1 amide bonds. The summed E-state index contributed by atoms with van der Waals surface area (Å²) in [5, 5.41) is 6.31. The van der Waals surface area contributed by atoms with E-state index in [0.717, 1.165) is 65.7 Å². The fourth-order valence-electron chi connectivity index (χ4n) is 5.04. The highest BCUT2D eigenvalue weighted by molar-refractivity contribution is 6.31. The Labute approximate surface area is 222 Å². The van der Waals surface area contributed by atoms with Gasteiger partial charge in [-0.3, -0.25) is 4.79 Å². The van der Waals surface area contributed by atoms with Crippen LogP contribution in [0.4, 0.5) is 0 Å². The Balaban J connectivity index is 1.34. The quantitative estimate of drug-likeness (QED) is 0.272. The predicted octanol–water partition coefficient (Wildman–Crippen LogP) is 6.73. The molecule has 182 valence electrons. The number of rotatable bonds is 7.